The average Bonchev–Trinajstić information content (AvgIpc) is 2.85. The molecule has 0 bridgehead atoms. The van der Waals surface area contributed by atoms with Crippen LogP contribution in [0.25, 0.3) is 10.6 Å². The number of hydrogen-bond acceptors (Lipinski definition) is 6. The second-order valence-electron chi connectivity index (χ2n) is 3.40. The normalized spacial score (nSPS) is 10.2. The number of anilines is 1. The van der Waals surface area contributed by atoms with Crippen LogP contribution in [0.2, 0.25) is 0 Å². The summed E-state index contributed by atoms with van der Waals surface area (Å²) < 4.78 is 5.67. The van der Waals surface area contributed by atoms with Crippen LogP contribution in [-0.2, 0) is 0 Å². The number of para-hydroxylation sites is 1. The smallest absolute Gasteiger partial charge is 0.220 e. The fourth-order valence-electron chi connectivity index (χ4n) is 1.37. The molecule has 0 amide bonds. The number of nitrogens with zero attached hydrogens (tertiary/aromatic N) is 2. The lowest BCUT2D eigenvalue weighted by Gasteiger charge is -2.07. The fraction of sp³-hybridized carbons (Fsp3) is 0.273. The van der Waals surface area contributed by atoms with Gasteiger partial charge in [0, 0.05) is 0 Å². The van der Waals surface area contributed by atoms with E-state index in [9.17, 15) is 0 Å². The van der Waals surface area contributed by atoms with Gasteiger partial charge in [-0.15, -0.1) is 10.2 Å². The highest BCUT2D eigenvalue weighted by molar-refractivity contribution is 7.18. The second-order valence-corrected chi connectivity index (χ2v) is 4.38. The van der Waals surface area contributed by atoms with Gasteiger partial charge in [0.2, 0.25) is 5.13 Å². The molecule has 0 atom stereocenters. The van der Waals surface area contributed by atoms with Crippen LogP contribution < -0.4 is 16.0 Å². The molecule has 1 aromatic heterocycles. The van der Waals surface area contributed by atoms with E-state index < -0.39 is 0 Å². The summed E-state index contributed by atoms with van der Waals surface area (Å²) in [6.45, 7) is 2.77. The molecule has 2 rings (SSSR count). The van der Waals surface area contributed by atoms with Crippen molar-refractivity contribution in [1.82, 2.24) is 10.2 Å². The maximum absolute atomic E-state index is 5.67. The molecule has 17 heavy (non-hydrogen) atoms. The van der Waals surface area contributed by atoms with Gasteiger partial charge in [-0.05, 0) is 18.6 Å². The van der Waals surface area contributed by atoms with Crippen LogP contribution in [0.5, 0.6) is 5.75 Å². The Morgan fingerprint density at radius 1 is 1.35 bits per heavy atom. The molecule has 0 saturated carbocycles. The maximum Gasteiger partial charge on any atom is 0.220 e. The van der Waals surface area contributed by atoms with Gasteiger partial charge < -0.3 is 4.74 Å². The summed E-state index contributed by atoms with van der Waals surface area (Å²) in [5.74, 6) is 6.11. The predicted octanol–water partition coefficient (Wildman–Crippen LogP) is 2.28. The second kappa shape index (κ2) is 5.60. The highest BCUT2D eigenvalue weighted by Crippen LogP contribution is 2.33. The molecule has 0 aliphatic carbocycles. The Kier molecular flexibility index (Phi) is 3.89. The number of aromatic nitrogens is 2. The molecular formula is C11H14N4OS. The van der Waals surface area contributed by atoms with Crippen molar-refractivity contribution >= 4 is 16.5 Å². The van der Waals surface area contributed by atoms with Crippen LogP contribution in [0.15, 0.2) is 24.3 Å². The zero-order chi connectivity index (χ0) is 12.1. The Hall–Kier alpha value is -1.66. The van der Waals surface area contributed by atoms with Crippen LogP contribution in [0.4, 0.5) is 5.13 Å². The highest BCUT2D eigenvalue weighted by Gasteiger charge is 2.10. The molecule has 3 N–H and O–H groups in total. The van der Waals surface area contributed by atoms with Crippen molar-refractivity contribution in [2.24, 2.45) is 5.84 Å². The minimum absolute atomic E-state index is 0.588. The molecule has 5 nitrogen and oxygen atoms in total. The summed E-state index contributed by atoms with van der Waals surface area (Å²) >= 11 is 1.40. The molecule has 90 valence electrons. The van der Waals surface area contributed by atoms with Gasteiger partial charge in [-0.3, -0.25) is 5.43 Å². The molecule has 0 fully saturated rings. The molecule has 0 aliphatic heterocycles. The van der Waals surface area contributed by atoms with Crippen LogP contribution in [0, 0.1) is 0 Å². The monoisotopic (exact) mass is 250 g/mol. The van der Waals surface area contributed by atoms with Gasteiger partial charge in [-0.1, -0.05) is 30.4 Å². The number of nitrogens with two attached hydrogens (primary N) is 1. The Labute approximate surface area is 104 Å². The van der Waals surface area contributed by atoms with Crippen LogP contribution >= 0.6 is 11.3 Å². The van der Waals surface area contributed by atoms with Gasteiger partial charge >= 0.3 is 0 Å². The number of benzene rings is 1. The first-order chi connectivity index (χ1) is 8.35. The third-order valence-electron chi connectivity index (χ3n) is 2.13. The first-order valence-corrected chi connectivity index (χ1v) is 6.19. The van der Waals surface area contributed by atoms with Crippen LogP contribution in [0.1, 0.15) is 13.3 Å². The minimum atomic E-state index is 0.588. The number of hydrogen-bond donors (Lipinski definition) is 2. The van der Waals surface area contributed by atoms with Gasteiger partial charge in [-0.2, -0.15) is 0 Å². The van der Waals surface area contributed by atoms with E-state index in [0.717, 1.165) is 22.7 Å². The summed E-state index contributed by atoms with van der Waals surface area (Å²) in [4.78, 5) is 0. The lowest BCUT2D eigenvalue weighted by atomic mass is 10.2. The molecule has 1 heterocycles. The third-order valence-corrected chi connectivity index (χ3v) is 3.02. The Bertz CT molecular complexity index is 486. The zero-order valence-corrected chi connectivity index (χ0v) is 10.3. The molecule has 0 spiro atoms. The van der Waals surface area contributed by atoms with Crippen molar-refractivity contribution in [2.45, 2.75) is 13.3 Å². The predicted molar refractivity (Wildman–Crippen MR) is 68.9 cm³/mol. The summed E-state index contributed by atoms with van der Waals surface area (Å²) in [7, 11) is 0. The minimum Gasteiger partial charge on any atom is -0.493 e. The summed E-state index contributed by atoms with van der Waals surface area (Å²) in [5.41, 5.74) is 3.43. The van der Waals surface area contributed by atoms with Crippen LogP contribution in [-0.4, -0.2) is 16.8 Å². The summed E-state index contributed by atoms with van der Waals surface area (Å²) in [6, 6.07) is 7.79. The van der Waals surface area contributed by atoms with E-state index in [0.29, 0.717) is 11.7 Å². The first-order valence-electron chi connectivity index (χ1n) is 5.37. The van der Waals surface area contributed by atoms with E-state index in [4.69, 9.17) is 10.6 Å². The fourth-order valence-corrected chi connectivity index (χ4v) is 2.06. The van der Waals surface area contributed by atoms with Crippen molar-refractivity contribution in [2.75, 3.05) is 12.0 Å². The van der Waals surface area contributed by atoms with Gasteiger partial charge in [0.05, 0.1) is 12.2 Å². The topological polar surface area (TPSA) is 73.1 Å². The van der Waals surface area contributed by atoms with Gasteiger partial charge in [0.15, 0.2) is 5.01 Å². The molecule has 0 unspecified atom stereocenters. The molecule has 0 saturated heterocycles. The number of rotatable bonds is 5. The van der Waals surface area contributed by atoms with Crippen molar-refractivity contribution in [3.63, 3.8) is 0 Å². The van der Waals surface area contributed by atoms with Crippen LogP contribution in [0.3, 0.4) is 0 Å². The first kappa shape index (κ1) is 11.8. The number of nitrogens with one attached hydrogen (secondary N) is 1. The average molecular weight is 250 g/mol. The molecular weight excluding hydrogens is 236 g/mol. The van der Waals surface area contributed by atoms with Gasteiger partial charge in [0.25, 0.3) is 0 Å². The van der Waals surface area contributed by atoms with E-state index in [1.165, 1.54) is 11.3 Å². The maximum atomic E-state index is 5.67. The molecule has 2 aromatic rings. The van der Waals surface area contributed by atoms with Crippen molar-refractivity contribution in [1.29, 1.82) is 0 Å². The van der Waals surface area contributed by atoms with Gasteiger partial charge in [0.1, 0.15) is 5.75 Å². The Morgan fingerprint density at radius 3 is 2.88 bits per heavy atom. The van der Waals surface area contributed by atoms with Crippen molar-refractivity contribution in [3.8, 4) is 16.3 Å². The molecule has 1 aromatic carbocycles. The zero-order valence-electron chi connectivity index (χ0n) is 9.51. The SMILES string of the molecule is CCCOc1ccccc1-c1nnc(NN)s1. The quantitative estimate of drug-likeness (QED) is 0.629. The highest BCUT2D eigenvalue weighted by atomic mass is 32.1. The lowest BCUT2D eigenvalue weighted by Crippen LogP contribution is -2.05. The summed E-state index contributed by atoms with van der Waals surface area (Å²) in [6.07, 6.45) is 0.972. The standard InChI is InChI=1S/C11H14N4OS/c1-2-7-16-9-6-4-3-5-8(9)10-14-15-11(13-12)17-10/h3-6H,2,7,12H2,1H3,(H,13,15). The van der Waals surface area contributed by atoms with E-state index in [1.807, 2.05) is 24.3 Å². The lowest BCUT2D eigenvalue weighted by molar-refractivity contribution is 0.318. The number of hydrazine groups is 1. The third kappa shape index (κ3) is 2.72. The van der Waals surface area contributed by atoms with Crippen molar-refractivity contribution < 1.29 is 4.74 Å². The van der Waals surface area contributed by atoms with E-state index in [1.54, 1.807) is 0 Å². The van der Waals surface area contributed by atoms with Crippen molar-refractivity contribution in [3.05, 3.63) is 24.3 Å². The van der Waals surface area contributed by atoms with E-state index in [2.05, 4.69) is 22.5 Å². The van der Waals surface area contributed by atoms with Gasteiger partial charge in [-0.25, -0.2) is 5.84 Å². The Balaban J connectivity index is 2.30. The Morgan fingerprint density at radius 2 is 2.18 bits per heavy atom. The summed E-state index contributed by atoms with van der Waals surface area (Å²) in [5, 5.41) is 9.37. The molecule has 0 radical (unpaired) electrons. The van der Waals surface area contributed by atoms with E-state index >= 15 is 0 Å². The molecule has 6 heteroatoms. The molecule has 0 aliphatic rings. The number of ether oxygens (including phenoxy) is 1. The number of nitrogen functional groups attached to an aromatic ring is 1. The van der Waals surface area contributed by atoms with E-state index in [-0.39, 0.29) is 0 Å². The largest absolute Gasteiger partial charge is 0.493 e.